The van der Waals surface area contributed by atoms with Gasteiger partial charge in [0.2, 0.25) is 0 Å². The molecule has 10 rings (SSSR count). The highest BCUT2D eigenvalue weighted by atomic mass is 15.4. The van der Waals surface area contributed by atoms with E-state index >= 15 is 0 Å². The summed E-state index contributed by atoms with van der Waals surface area (Å²) in [6.45, 7) is 12.2. The maximum Gasteiger partial charge on any atom is 0.138 e. The Kier molecular flexibility index (Phi) is 9.17. The Morgan fingerprint density at radius 2 is 1.13 bits per heavy atom. The number of hydrogen-bond donors (Lipinski definition) is 0. The van der Waals surface area contributed by atoms with E-state index in [4.69, 9.17) is 4.98 Å². The monoisotopic (exact) mass is 778 g/mol. The van der Waals surface area contributed by atoms with Crippen LogP contribution >= 0.6 is 0 Å². The molecule has 0 saturated carbocycles. The highest BCUT2D eigenvalue weighted by Gasteiger charge is 2.40. The Labute approximate surface area is 354 Å². The molecule has 0 N–H and O–H groups in total. The van der Waals surface area contributed by atoms with Gasteiger partial charge in [-0.1, -0.05) is 153 Å². The first-order valence-electron chi connectivity index (χ1n) is 21.2. The molecule has 4 nitrogen and oxygen atoms in total. The molecule has 0 spiro atoms. The molecular formula is C56H50N4. The number of hydrogen-bond acceptors (Lipinski definition) is 3. The van der Waals surface area contributed by atoms with Crippen molar-refractivity contribution in [3.63, 3.8) is 0 Å². The molecular weight excluding hydrogens is 729 g/mol. The van der Waals surface area contributed by atoms with Crippen LogP contribution in [0, 0.1) is 0 Å². The summed E-state index contributed by atoms with van der Waals surface area (Å²) in [7, 11) is 0. The molecule has 0 radical (unpaired) electrons. The summed E-state index contributed by atoms with van der Waals surface area (Å²) in [5.41, 5.74) is 13.8. The van der Waals surface area contributed by atoms with Gasteiger partial charge in [0.1, 0.15) is 5.82 Å². The minimum absolute atomic E-state index is 0.0413. The predicted molar refractivity (Wildman–Crippen MR) is 252 cm³/mol. The standard InChI is InChI=1S/C56H50N4/c1-39(2)46-25-12-13-26-47(46)40-33-34-57-54(35-40)60-50-28-15-14-27-48(50)49-32-31-44(37-53(49)60)56(41-19-8-6-9-20-41,42-21-10-7-11-22-42)43-23-18-24-45(36-43)58-38-59(55(3,4)5)52-30-17-16-29-51(52)58/h6-37,39H,38H2,1-5H3. The van der Waals surface area contributed by atoms with E-state index < -0.39 is 5.41 Å². The average molecular weight is 779 g/mol. The van der Waals surface area contributed by atoms with Crippen molar-refractivity contribution >= 4 is 38.9 Å². The fourth-order valence-corrected chi connectivity index (χ4v) is 9.71. The van der Waals surface area contributed by atoms with E-state index in [9.17, 15) is 0 Å². The molecule has 2 aromatic heterocycles. The van der Waals surface area contributed by atoms with Crippen LogP contribution in [-0.2, 0) is 5.41 Å². The van der Waals surface area contributed by atoms with E-state index in [1.54, 1.807) is 0 Å². The first-order chi connectivity index (χ1) is 29.2. The molecule has 0 atom stereocenters. The van der Waals surface area contributed by atoms with Gasteiger partial charge in [-0.3, -0.25) is 4.57 Å². The summed E-state index contributed by atoms with van der Waals surface area (Å²) < 4.78 is 2.37. The molecule has 1 aliphatic heterocycles. The van der Waals surface area contributed by atoms with Crippen molar-refractivity contribution in [1.29, 1.82) is 0 Å². The van der Waals surface area contributed by atoms with Crippen LogP contribution in [0.25, 0.3) is 38.8 Å². The van der Waals surface area contributed by atoms with Crippen molar-refractivity contribution in [3.05, 3.63) is 222 Å². The predicted octanol–water partition coefficient (Wildman–Crippen LogP) is 14.1. The molecule has 0 saturated heterocycles. The number of aromatic nitrogens is 2. The molecule has 0 bridgehead atoms. The molecule has 3 heterocycles. The van der Waals surface area contributed by atoms with E-state index in [1.807, 2.05) is 6.20 Å². The van der Waals surface area contributed by atoms with Gasteiger partial charge in [-0.15, -0.1) is 0 Å². The Morgan fingerprint density at radius 3 is 1.87 bits per heavy atom. The van der Waals surface area contributed by atoms with Gasteiger partial charge in [-0.05, 0) is 114 Å². The van der Waals surface area contributed by atoms with Crippen LogP contribution in [0.3, 0.4) is 0 Å². The van der Waals surface area contributed by atoms with Crippen molar-refractivity contribution in [2.24, 2.45) is 0 Å². The third-order valence-electron chi connectivity index (χ3n) is 12.5. The highest BCUT2D eigenvalue weighted by Crippen LogP contribution is 2.49. The first kappa shape index (κ1) is 37.4. The fraction of sp³-hybridized carbons (Fsp3) is 0.161. The minimum Gasteiger partial charge on any atom is -0.347 e. The number of pyridine rings is 1. The Balaban J connectivity index is 1.23. The van der Waals surface area contributed by atoms with E-state index in [-0.39, 0.29) is 5.54 Å². The average Bonchev–Trinajstić information content (AvgIpc) is 3.85. The second-order valence-corrected chi connectivity index (χ2v) is 17.4. The second-order valence-electron chi connectivity index (χ2n) is 17.4. The second kappa shape index (κ2) is 14.7. The number of para-hydroxylation sites is 3. The van der Waals surface area contributed by atoms with E-state index in [0.717, 1.165) is 23.5 Å². The maximum absolute atomic E-state index is 5.10. The first-order valence-corrected chi connectivity index (χ1v) is 21.2. The lowest BCUT2D eigenvalue weighted by molar-refractivity contribution is 0.518. The maximum atomic E-state index is 5.10. The Bertz CT molecular complexity index is 2950. The topological polar surface area (TPSA) is 24.3 Å². The van der Waals surface area contributed by atoms with Gasteiger partial charge in [-0.25, -0.2) is 4.98 Å². The Morgan fingerprint density at radius 1 is 0.517 bits per heavy atom. The van der Waals surface area contributed by atoms with Crippen molar-refractivity contribution in [1.82, 2.24) is 9.55 Å². The van der Waals surface area contributed by atoms with Crippen molar-refractivity contribution in [2.75, 3.05) is 16.5 Å². The summed E-state index contributed by atoms with van der Waals surface area (Å²) in [6.07, 6.45) is 1.97. The quantitative estimate of drug-likeness (QED) is 0.144. The lowest BCUT2D eigenvalue weighted by atomic mass is 9.65. The SMILES string of the molecule is CC(C)c1ccccc1-c1ccnc(-n2c3ccccc3c3ccc(C(c4ccccc4)(c4ccccc4)c4cccc(N5CN(C(C)(C)C)c6ccccc65)c4)cc32)c1. The van der Waals surface area contributed by atoms with Gasteiger partial charge in [0.25, 0.3) is 0 Å². The summed E-state index contributed by atoms with van der Waals surface area (Å²) in [4.78, 5) is 10.1. The highest BCUT2D eigenvalue weighted by molar-refractivity contribution is 6.09. The number of fused-ring (bicyclic) bond motifs is 4. The molecule has 7 aromatic carbocycles. The molecule has 0 unspecified atom stereocenters. The normalized spacial score (nSPS) is 13.1. The largest absolute Gasteiger partial charge is 0.347 e. The number of benzene rings is 7. The zero-order valence-electron chi connectivity index (χ0n) is 35.0. The van der Waals surface area contributed by atoms with E-state index in [1.165, 1.54) is 66.8 Å². The van der Waals surface area contributed by atoms with Gasteiger partial charge >= 0.3 is 0 Å². The summed E-state index contributed by atoms with van der Waals surface area (Å²) >= 11 is 0. The number of nitrogens with zero attached hydrogens (tertiary/aromatic N) is 4. The summed E-state index contributed by atoms with van der Waals surface area (Å²) in [5, 5.41) is 2.40. The third kappa shape index (κ3) is 6.09. The smallest absolute Gasteiger partial charge is 0.138 e. The zero-order valence-corrected chi connectivity index (χ0v) is 35.0. The molecule has 9 aromatic rings. The van der Waals surface area contributed by atoms with Crippen LogP contribution in [0.1, 0.15) is 68.4 Å². The van der Waals surface area contributed by atoms with Crippen LogP contribution in [0.5, 0.6) is 0 Å². The van der Waals surface area contributed by atoms with Gasteiger partial charge in [0.05, 0.1) is 34.5 Å². The van der Waals surface area contributed by atoms with Crippen molar-refractivity contribution < 1.29 is 0 Å². The molecule has 0 aliphatic carbocycles. The number of rotatable bonds is 8. The van der Waals surface area contributed by atoms with Crippen LogP contribution in [0.2, 0.25) is 0 Å². The molecule has 0 fully saturated rings. The summed E-state index contributed by atoms with van der Waals surface area (Å²) in [5.74, 6) is 1.30. The van der Waals surface area contributed by atoms with Crippen LogP contribution < -0.4 is 9.80 Å². The van der Waals surface area contributed by atoms with Gasteiger partial charge in [-0.2, -0.15) is 0 Å². The van der Waals surface area contributed by atoms with Gasteiger partial charge < -0.3 is 9.80 Å². The lowest BCUT2D eigenvalue weighted by Crippen LogP contribution is -2.42. The minimum atomic E-state index is -0.664. The van der Waals surface area contributed by atoms with E-state index in [2.05, 4.69) is 237 Å². The molecule has 4 heteroatoms. The van der Waals surface area contributed by atoms with Crippen LogP contribution in [0.4, 0.5) is 17.1 Å². The molecule has 60 heavy (non-hydrogen) atoms. The zero-order chi connectivity index (χ0) is 41.0. The molecule has 294 valence electrons. The fourth-order valence-electron chi connectivity index (χ4n) is 9.71. The third-order valence-corrected chi connectivity index (χ3v) is 12.5. The summed E-state index contributed by atoms with van der Waals surface area (Å²) in [6, 6.07) is 69.3. The number of anilines is 3. The molecule has 0 amide bonds. The van der Waals surface area contributed by atoms with Crippen LogP contribution in [0.15, 0.2) is 194 Å². The van der Waals surface area contributed by atoms with E-state index in [0.29, 0.717) is 5.92 Å². The molecule has 1 aliphatic rings. The van der Waals surface area contributed by atoms with Crippen LogP contribution in [-0.4, -0.2) is 21.8 Å². The van der Waals surface area contributed by atoms with Crippen molar-refractivity contribution in [3.8, 4) is 16.9 Å². The van der Waals surface area contributed by atoms with Gasteiger partial charge in [0.15, 0.2) is 0 Å². The van der Waals surface area contributed by atoms with Crippen molar-refractivity contribution in [2.45, 2.75) is 51.5 Å². The Hall–Kier alpha value is -6.91. The van der Waals surface area contributed by atoms with Gasteiger partial charge in [0, 0.05) is 28.2 Å². The lowest BCUT2D eigenvalue weighted by Gasteiger charge is -2.38.